The molecule has 6 nitrogen and oxygen atoms in total. The lowest BCUT2D eigenvalue weighted by molar-refractivity contribution is -0.154. The first-order valence-corrected chi connectivity index (χ1v) is 10.4. The summed E-state index contributed by atoms with van der Waals surface area (Å²) in [6.07, 6.45) is 6.92. The number of hydrogen-bond acceptors (Lipinski definition) is 4. The average Bonchev–Trinajstić information content (AvgIpc) is 2.72. The molecule has 0 bridgehead atoms. The van der Waals surface area contributed by atoms with Crippen LogP contribution in [0.25, 0.3) is 0 Å². The van der Waals surface area contributed by atoms with E-state index in [2.05, 4.69) is 5.32 Å². The molecule has 1 aromatic carbocycles. The van der Waals surface area contributed by atoms with E-state index in [1.165, 1.54) is 19.3 Å². The fourth-order valence-corrected chi connectivity index (χ4v) is 4.34. The summed E-state index contributed by atoms with van der Waals surface area (Å²) in [5.41, 5.74) is 0.472. The van der Waals surface area contributed by atoms with E-state index in [9.17, 15) is 14.4 Å². The van der Waals surface area contributed by atoms with Gasteiger partial charge in [-0.15, -0.1) is 0 Å². The van der Waals surface area contributed by atoms with Crippen LogP contribution in [0.5, 0.6) is 0 Å². The molecule has 1 aromatic rings. The second-order valence-corrected chi connectivity index (χ2v) is 7.95. The van der Waals surface area contributed by atoms with Crippen LogP contribution in [0.1, 0.15) is 55.3 Å². The number of ether oxygens (including phenoxy) is 1. The molecule has 1 saturated carbocycles. The van der Waals surface area contributed by atoms with E-state index in [0.29, 0.717) is 22.5 Å². The van der Waals surface area contributed by atoms with Crippen molar-refractivity contribution >= 4 is 29.4 Å². The van der Waals surface area contributed by atoms with Gasteiger partial charge in [0.2, 0.25) is 0 Å². The van der Waals surface area contributed by atoms with Crippen LogP contribution in [-0.2, 0) is 14.3 Å². The Morgan fingerprint density at radius 3 is 2.57 bits per heavy atom. The summed E-state index contributed by atoms with van der Waals surface area (Å²) in [7, 11) is 0. The first kappa shape index (κ1) is 20.6. The van der Waals surface area contributed by atoms with Crippen molar-refractivity contribution in [2.24, 2.45) is 5.92 Å². The van der Waals surface area contributed by atoms with Gasteiger partial charge in [-0.2, -0.15) is 0 Å². The predicted molar refractivity (Wildman–Crippen MR) is 106 cm³/mol. The minimum Gasteiger partial charge on any atom is -0.456 e. The van der Waals surface area contributed by atoms with Gasteiger partial charge in [-0.1, -0.05) is 24.4 Å². The first-order chi connectivity index (χ1) is 13.5. The Kier molecular flexibility index (Phi) is 7.31. The van der Waals surface area contributed by atoms with Gasteiger partial charge in [0.25, 0.3) is 11.8 Å². The molecule has 1 saturated heterocycles. The number of halogens is 1. The van der Waals surface area contributed by atoms with Gasteiger partial charge in [-0.05, 0) is 55.9 Å². The molecule has 1 aliphatic heterocycles. The summed E-state index contributed by atoms with van der Waals surface area (Å²) in [5, 5.41) is 3.21. The highest BCUT2D eigenvalue weighted by molar-refractivity contribution is 6.30. The maximum absolute atomic E-state index is 12.5. The average molecular weight is 407 g/mol. The quantitative estimate of drug-likeness (QED) is 0.736. The lowest BCUT2D eigenvalue weighted by Gasteiger charge is -2.44. The molecule has 1 aliphatic carbocycles. The van der Waals surface area contributed by atoms with Gasteiger partial charge in [0, 0.05) is 29.7 Å². The Balaban J connectivity index is 1.37. The van der Waals surface area contributed by atoms with Crippen LogP contribution in [0.4, 0.5) is 0 Å². The van der Waals surface area contributed by atoms with Crippen molar-refractivity contribution in [2.45, 2.75) is 51.0 Å². The zero-order chi connectivity index (χ0) is 19.9. The van der Waals surface area contributed by atoms with Crippen molar-refractivity contribution in [1.29, 1.82) is 0 Å². The van der Waals surface area contributed by atoms with Crippen LogP contribution >= 0.6 is 11.6 Å². The highest BCUT2D eigenvalue weighted by atomic mass is 35.5. The van der Waals surface area contributed by atoms with Crippen molar-refractivity contribution in [3.8, 4) is 0 Å². The Morgan fingerprint density at radius 2 is 1.79 bits per heavy atom. The van der Waals surface area contributed by atoms with Crippen LogP contribution in [-0.4, -0.2) is 48.4 Å². The van der Waals surface area contributed by atoms with E-state index in [1.807, 2.05) is 4.90 Å². The Morgan fingerprint density at radius 1 is 1.07 bits per heavy atom. The SMILES string of the molecule is O=C(CCNC(=O)c1ccc(Cl)cc1)OCC(=O)N1CCC[C@@H]2CCCC[C@@H]21. The van der Waals surface area contributed by atoms with Crippen LogP contribution < -0.4 is 5.32 Å². The van der Waals surface area contributed by atoms with Gasteiger partial charge in [0.15, 0.2) is 6.61 Å². The summed E-state index contributed by atoms with van der Waals surface area (Å²) in [6.45, 7) is 0.699. The minimum absolute atomic E-state index is 0.0265. The largest absolute Gasteiger partial charge is 0.456 e. The number of hydrogen-bond donors (Lipinski definition) is 1. The molecule has 0 spiro atoms. The maximum Gasteiger partial charge on any atom is 0.308 e. The second-order valence-electron chi connectivity index (χ2n) is 7.51. The van der Waals surface area contributed by atoms with Crippen molar-refractivity contribution < 1.29 is 19.1 Å². The molecule has 28 heavy (non-hydrogen) atoms. The zero-order valence-corrected chi connectivity index (χ0v) is 16.7. The molecule has 0 aromatic heterocycles. The molecule has 2 amide bonds. The van der Waals surface area contributed by atoms with E-state index >= 15 is 0 Å². The van der Waals surface area contributed by atoms with Crippen LogP contribution in [0.3, 0.4) is 0 Å². The lowest BCUT2D eigenvalue weighted by atomic mass is 9.78. The number of amides is 2. The molecule has 7 heteroatoms. The van der Waals surface area contributed by atoms with Crippen LogP contribution in [0, 0.1) is 5.92 Å². The summed E-state index contributed by atoms with van der Waals surface area (Å²) in [5.74, 6) is -0.264. The summed E-state index contributed by atoms with van der Waals surface area (Å²) >= 11 is 5.79. The number of carbonyl (C=O) groups excluding carboxylic acids is 3. The monoisotopic (exact) mass is 406 g/mol. The topological polar surface area (TPSA) is 75.7 Å². The van der Waals surface area contributed by atoms with Gasteiger partial charge in [0.1, 0.15) is 0 Å². The smallest absolute Gasteiger partial charge is 0.308 e. The molecule has 0 unspecified atom stereocenters. The van der Waals surface area contributed by atoms with E-state index < -0.39 is 5.97 Å². The zero-order valence-electron chi connectivity index (χ0n) is 16.0. The molecule has 3 rings (SSSR count). The number of nitrogens with one attached hydrogen (secondary N) is 1. The van der Waals surface area contributed by atoms with Gasteiger partial charge < -0.3 is 15.0 Å². The molecule has 152 valence electrons. The number of nitrogens with zero attached hydrogens (tertiary/aromatic N) is 1. The minimum atomic E-state index is -0.484. The third kappa shape index (κ3) is 5.47. The summed E-state index contributed by atoms with van der Waals surface area (Å²) in [4.78, 5) is 38.3. The number of likely N-dealkylation sites (tertiary alicyclic amines) is 1. The maximum atomic E-state index is 12.5. The van der Waals surface area contributed by atoms with Gasteiger partial charge in [0.05, 0.1) is 6.42 Å². The van der Waals surface area contributed by atoms with E-state index in [4.69, 9.17) is 16.3 Å². The van der Waals surface area contributed by atoms with Gasteiger partial charge in [-0.3, -0.25) is 14.4 Å². The molecule has 2 atom stereocenters. The second kappa shape index (κ2) is 9.92. The summed E-state index contributed by atoms with van der Waals surface area (Å²) in [6, 6.07) is 6.81. The fourth-order valence-electron chi connectivity index (χ4n) is 4.21. The van der Waals surface area contributed by atoms with Crippen LogP contribution in [0.15, 0.2) is 24.3 Å². The standard InChI is InChI=1S/C21H27ClN2O4/c22-17-9-7-16(8-10-17)21(27)23-12-11-20(26)28-14-19(25)24-13-3-5-15-4-1-2-6-18(15)24/h7-10,15,18H,1-6,11-14H2,(H,23,27)/t15-,18-/m0/s1. The Hall–Kier alpha value is -2.08. The van der Waals surface area contributed by atoms with Gasteiger partial charge in [-0.25, -0.2) is 0 Å². The van der Waals surface area contributed by atoms with Crippen molar-refractivity contribution in [2.75, 3.05) is 19.7 Å². The first-order valence-electron chi connectivity index (χ1n) is 10.0. The Labute approximate surface area is 170 Å². The highest BCUT2D eigenvalue weighted by Crippen LogP contribution is 2.35. The number of rotatable bonds is 6. The van der Waals surface area contributed by atoms with E-state index in [1.54, 1.807) is 24.3 Å². The van der Waals surface area contributed by atoms with Crippen LogP contribution in [0.2, 0.25) is 5.02 Å². The molecule has 1 N–H and O–H groups in total. The van der Waals surface area contributed by atoms with Gasteiger partial charge >= 0.3 is 5.97 Å². The third-order valence-electron chi connectivity index (χ3n) is 5.64. The summed E-state index contributed by atoms with van der Waals surface area (Å²) < 4.78 is 5.14. The number of piperidine rings is 1. The predicted octanol–water partition coefficient (Wildman–Crippen LogP) is 3.18. The number of carbonyl (C=O) groups is 3. The number of esters is 1. The third-order valence-corrected chi connectivity index (χ3v) is 5.89. The van der Waals surface area contributed by atoms with Crippen molar-refractivity contribution in [3.05, 3.63) is 34.9 Å². The molecule has 1 heterocycles. The Bertz CT molecular complexity index is 705. The molecule has 2 aliphatic rings. The normalized spacial score (nSPS) is 21.5. The van der Waals surface area contributed by atoms with E-state index in [-0.39, 0.29) is 31.4 Å². The molecular formula is C21H27ClN2O4. The molecular weight excluding hydrogens is 380 g/mol. The number of benzene rings is 1. The number of fused-ring (bicyclic) bond motifs is 1. The van der Waals surface area contributed by atoms with Crippen molar-refractivity contribution in [3.63, 3.8) is 0 Å². The lowest BCUT2D eigenvalue weighted by Crippen LogP contribution is -2.50. The molecule has 0 radical (unpaired) electrons. The van der Waals surface area contributed by atoms with Crippen molar-refractivity contribution in [1.82, 2.24) is 10.2 Å². The van der Waals surface area contributed by atoms with E-state index in [0.717, 1.165) is 25.8 Å². The fraction of sp³-hybridized carbons (Fsp3) is 0.571. The highest BCUT2D eigenvalue weighted by Gasteiger charge is 2.35. The molecule has 2 fully saturated rings.